The summed E-state index contributed by atoms with van der Waals surface area (Å²) in [6.07, 6.45) is 7.25. The van der Waals surface area contributed by atoms with Crippen molar-refractivity contribution in [2.75, 3.05) is 52.9 Å². The molecule has 1 aromatic heterocycles. The number of nitrogens with one attached hydrogen (secondary N) is 1. The molecule has 8 heteroatoms. The summed E-state index contributed by atoms with van der Waals surface area (Å²) >= 11 is 0. The Hall–Kier alpha value is -2.09. The van der Waals surface area contributed by atoms with Crippen molar-refractivity contribution in [3.8, 4) is 0 Å². The third kappa shape index (κ3) is 5.25. The number of carbonyl (C=O) groups is 1. The van der Waals surface area contributed by atoms with Gasteiger partial charge in [0.15, 0.2) is 5.96 Å². The van der Waals surface area contributed by atoms with Gasteiger partial charge in [0.1, 0.15) is 0 Å². The maximum Gasteiger partial charge on any atom is 0.239 e. The van der Waals surface area contributed by atoms with Gasteiger partial charge in [-0.2, -0.15) is 5.10 Å². The lowest BCUT2D eigenvalue weighted by molar-refractivity contribution is -0.135. The standard InChI is InChI=1S/C20H35N7O/c1-17-15-23-27(16-17)10-6-7-22-20(21-3)26-13-11-24(12-14-26)18(2)19(28)25-8-4-5-9-25/h15-16,18H,4-14H2,1-3H3,(H,21,22). The average Bonchev–Trinajstić information content (AvgIpc) is 3.39. The van der Waals surface area contributed by atoms with Crippen molar-refractivity contribution in [2.45, 2.75) is 45.7 Å². The first kappa shape index (κ1) is 20.6. The molecule has 1 N–H and O–H groups in total. The van der Waals surface area contributed by atoms with Crippen molar-refractivity contribution in [1.29, 1.82) is 0 Å². The number of rotatable bonds is 6. The summed E-state index contributed by atoms with van der Waals surface area (Å²) in [4.78, 5) is 23.7. The second kappa shape index (κ2) is 9.91. The largest absolute Gasteiger partial charge is 0.356 e. The van der Waals surface area contributed by atoms with Gasteiger partial charge in [0.05, 0.1) is 12.2 Å². The molecular formula is C20H35N7O. The molecule has 2 saturated heterocycles. The Morgan fingerprint density at radius 1 is 1.18 bits per heavy atom. The van der Waals surface area contributed by atoms with Crippen LogP contribution in [0, 0.1) is 6.92 Å². The lowest BCUT2D eigenvalue weighted by atomic mass is 10.2. The topological polar surface area (TPSA) is 69.0 Å². The van der Waals surface area contributed by atoms with Gasteiger partial charge >= 0.3 is 0 Å². The molecule has 2 fully saturated rings. The van der Waals surface area contributed by atoms with Crippen LogP contribution in [-0.4, -0.2) is 95.2 Å². The Labute approximate surface area is 168 Å². The minimum atomic E-state index is -0.0206. The molecule has 2 aliphatic rings. The zero-order valence-electron chi connectivity index (χ0n) is 17.6. The normalized spacial score (nSPS) is 19.9. The van der Waals surface area contributed by atoms with Crippen LogP contribution in [0.4, 0.5) is 0 Å². The lowest BCUT2D eigenvalue weighted by Gasteiger charge is -2.39. The van der Waals surface area contributed by atoms with Crippen molar-refractivity contribution in [3.05, 3.63) is 18.0 Å². The average molecular weight is 390 g/mol. The molecule has 0 aliphatic carbocycles. The fourth-order valence-corrected chi connectivity index (χ4v) is 4.04. The van der Waals surface area contributed by atoms with Gasteiger partial charge in [-0.1, -0.05) is 0 Å². The van der Waals surface area contributed by atoms with Crippen LogP contribution in [0.1, 0.15) is 31.7 Å². The molecule has 156 valence electrons. The zero-order valence-corrected chi connectivity index (χ0v) is 17.6. The molecule has 1 amide bonds. The summed E-state index contributed by atoms with van der Waals surface area (Å²) in [6.45, 7) is 11.3. The highest BCUT2D eigenvalue weighted by Gasteiger charge is 2.30. The van der Waals surface area contributed by atoms with E-state index >= 15 is 0 Å². The van der Waals surface area contributed by atoms with E-state index < -0.39 is 0 Å². The molecule has 2 aliphatic heterocycles. The second-order valence-corrected chi connectivity index (χ2v) is 7.84. The fraction of sp³-hybridized carbons (Fsp3) is 0.750. The minimum absolute atomic E-state index is 0.0206. The number of hydrogen-bond donors (Lipinski definition) is 1. The molecule has 0 saturated carbocycles. The molecule has 1 aromatic rings. The molecule has 3 heterocycles. The van der Waals surface area contributed by atoms with Crippen LogP contribution in [0.25, 0.3) is 0 Å². The molecular weight excluding hydrogens is 354 g/mol. The fourth-order valence-electron chi connectivity index (χ4n) is 4.04. The molecule has 1 atom stereocenters. The van der Waals surface area contributed by atoms with E-state index in [0.29, 0.717) is 5.91 Å². The van der Waals surface area contributed by atoms with Crippen LogP contribution in [0.5, 0.6) is 0 Å². The highest BCUT2D eigenvalue weighted by molar-refractivity contribution is 5.82. The SMILES string of the molecule is CN=C(NCCCn1cc(C)cn1)N1CCN(C(C)C(=O)N2CCCC2)CC1. The summed E-state index contributed by atoms with van der Waals surface area (Å²) < 4.78 is 1.98. The van der Waals surface area contributed by atoms with E-state index in [2.05, 4.69) is 45.3 Å². The first-order valence-electron chi connectivity index (χ1n) is 10.6. The Balaban J connectivity index is 1.39. The molecule has 0 radical (unpaired) electrons. The van der Waals surface area contributed by atoms with E-state index in [1.807, 2.05) is 22.8 Å². The number of nitrogens with zero attached hydrogens (tertiary/aromatic N) is 6. The van der Waals surface area contributed by atoms with E-state index in [-0.39, 0.29) is 6.04 Å². The Bertz CT molecular complexity index is 657. The molecule has 0 spiro atoms. The summed E-state index contributed by atoms with van der Waals surface area (Å²) in [5.41, 5.74) is 1.19. The number of aromatic nitrogens is 2. The number of aliphatic imine (C=N–C) groups is 1. The number of aryl methyl sites for hydroxylation is 2. The van der Waals surface area contributed by atoms with Crippen LogP contribution >= 0.6 is 0 Å². The molecule has 0 aromatic carbocycles. The minimum Gasteiger partial charge on any atom is -0.356 e. The third-order valence-corrected chi connectivity index (χ3v) is 5.76. The van der Waals surface area contributed by atoms with Gasteiger partial charge < -0.3 is 15.1 Å². The Kier molecular flexibility index (Phi) is 7.30. The van der Waals surface area contributed by atoms with Crippen LogP contribution in [0.2, 0.25) is 0 Å². The van der Waals surface area contributed by atoms with Gasteiger partial charge in [-0.05, 0) is 38.7 Å². The summed E-state index contributed by atoms with van der Waals surface area (Å²) in [6, 6.07) is -0.0206. The number of amides is 1. The second-order valence-electron chi connectivity index (χ2n) is 7.84. The van der Waals surface area contributed by atoms with Crippen LogP contribution in [0.15, 0.2) is 17.4 Å². The highest BCUT2D eigenvalue weighted by Crippen LogP contribution is 2.14. The summed E-state index contributed by atoms with van der Waals surface area (Å²) in [7, 11) is 1.84. The molecule has 1 unspecified atom stereocenters. The smallest absolute Gasteiger partial charge is 0.239 e. The van der Waals surface area contributed by atoms with E-state index in [4.69, 9.17) is 0 Å². The van der Waals surface area contributed by atoms with Gasteiger partial charge in [-0.15, -0.1) is 0 Å². The van der Waals surface area contributed by atoms with Crippen molar-refractivity contribution in [1.82, 2.24) is 29.8 Å². The van der Waals surface area contributed by atoms with Gasteiger partial charge in [-0.25, -0.2) is 0 Å². The summed E-state index contributed by atoms with van der Waals surface area (Å²) in [5, 5.41) is 7.79. The molecule has 28 heavy (non-hydrogen) atoms. The predicted octanol–water partition coefficient (Wildman–Crippen LogP) is 0.786. The van der Waals surface area contributed by atoms with Gasteiger partial charge in [0, 0.05) is 65.6 Å². The maximum atomic E-state index is 12.6. The quantitative estimate of drug-likeness (QED) is 0.443. The number of piperazine rings is 1. The number of hydrogen-bond acceptors (Lipinski definition) is 4. The van der Waals surface area contributed by atoms with E-state index in [1.54, 1.807) is 0 Å². The summed E-state index contributed by atoms with van der Waals surface area (Å²) in [5.74, 6) is 1.25. The number of guanidine groups is 1. The van der Waals surface area contributed by atoms with Crippen molar-refractivity contribution in [2.24, 2.45) is 4.99 Å². The Morgan fingerprint density at radius 3 is 2.50 bits per heavy atom. The first-order chi connectivity index (χ1) is 13.6. The van der Waals surface area contributed by atoms with E-state index in [0.717, 1.165) is 77.6 Å². The lowest BCUT2D eigenvalue weighted by Crippen LogP contribution is -2.57. The van der Waals surface area contributed by atoms with Gasteiger partial charge in [-0.3, -0.25) is 19.4 Å². The number of likely N-dealkylation sites (tertiary alicyclic amines) is 1. The van der Waals surface area contributed by atoms with Crippen LogP contribution in [0.3, 0.4) is 0 Å². The third-order valence-electron chi connectivity index (χ3n) is 5.76. The zero-order chi connectivity index (χ0) is 19.9. The monoisotopic (exact) mass is 389 g/mol. The first-order valence-corrected chi connectivity index (χ1v) is 10.6. The van der Waals surface area contributed by atoms with Crippen molar-refractivity contribution in [3.63, 3.8) is 0 Å². The van der Waals surface area contributed by atoms with Crippen LogP contribution < -0.4 is 5.32 Å². The van der Waals surface area contributed by atoms with Gasteiger partial charge in [0.25, 0.3) is 0 Å². The molecule has 8 nitrogen and oxygen atoms in total. The Morgan fingerprint density at radius 2 is 1.89 bits per heavy atom. The molecule has 0 bridgehead atoms. The predicted molar refractivity (Wildman–Crippen MR) is 111 cm³/mol. The van der Waals surface area contributed by atoms with Crippen molar-refractivity contribution < 1.29 is 4.79 Å². The maximum absolute atomic E-state index is 12.6. The van der Waals surface area contributed by atoms with Crippen molar-refractivity contribution >= 4 is 11.9 Å². The highest BCUT2D eigenvalue weighted by atomic mass is 16.2. The van der Waals surface area contributed by atoms with Gasteiger partial charge in [0.2, 0.25) is 5.91 Å². The molecule has 3 rings (SSSR count). The van der Waals surface area contributed by atoms with Crippen LogP contribution in [-0.2, 0) is 11.3 Å². The number of carbonyl (C=O) groups excluding carboxylic acids is 1. The van der Waals surface area contributed by atoms with E-state index in [9.17, 15) is 4.79 Å². The van der Waals surface area contributed by atoms with E-state index in [1.165, 1.54) is 5.56 Å².